The van der Waals surface area contributed by atoms with Crippen molar-refractivity contribution in [2.24, 2.45) is 0 Å². The van der Waals surface area contributed by atoms with Crippen molar-refractivity contribution in [2.45, 2.75) is 51.8 Å². The molecule has 0 saturated carbocycles. The van der Waals surface area contributed by atoms with Gasteiger partial charge in [-0.3, -0.25) is 9.59 Å². The minimum atomic E-state index is -0.619. The van der Waals surface area contributed by atoms with E-state index in [2.05, 4.69) is 5.32 Å². The molecule has 1 aliphatic rings. The molecule has 1 aliphatic heterocycles. The lowest BCUT2D eigenvalue weighted by Crippen LogP contribution is -2.40. The number of nitrogens with zero attached hydrogens (tertiary/aromatic N) is 2. The molecule has 0 bridgehead atoms. The highest BCUT2D eigenvalue weighted by Crippen LogP contribution is 2.23. The number of nitrogens with one attached hydrogen (secondary N) is 1. The normalized spacial score (nSPS) is 14.1. The van der Waals surface area contributed by atoms with Gasteiger partial charge in [0.05, 0.1) is 0 Å². The number of ether oxygens (including phenoxy) is 2. The highest BCUT2D eigenvalue weighted by atomic mass is 16.6. The van der Waals surface area contributed by atoms with Crippen LogP contribution in [0.4, 0.5) is 4.79 Å². The molecule has 0 aromatic heterocycles. The van der Waals surface area contributed by atoms with Crippen molar-refractivity contribution in [1.82, 2.24) is 15.1 Å². The summed E-state index contributed by atoms with van der Waals surface area (Å²) in [7, 11) is 3.55. The molecule has 1 saturated heterocycles. The first-order valence-electron chi connectivity index (χ1n) is 12.3. The molecule has 0 radical (unpaired) electrons. The summed E-state index contributed by atoms with van der Waals surface area (Å²) in [6, 6.07) is 15.7. The van der Waals surface area contributed by atoms with E-state index in [1.54, 1.807) is 32.7 Å². The van der Waals surface area contributed by atoms with Crippen LogP contribution in [0.1, 0.15) is 49.5 Å². The minimum Gasteiger partial charge on any atom is -0.444 e. The molecule has 8 nitrogen and oxygen atoms in total. The summed E-state index contributed by atoms with van der Waals surface area (Å²) in [5.41, 5.74) is 2.98. The highest BCUT2D eigenvalue weighted by Gasteiger charge is 2.23. The molecule has 2 aromatic carbocycles. The van der Waals surface area contributed by atoms with Gasteiger partial charge in [-0.2, -0.15) is 0 Å². The van der Waals surface area contributed by atoms with E-state index in [4.69, 9.17) is 9.47 Å². The van der Waals surface area contributed by atoms with Gasteiger partial charge in [-0.1, -0.05) is 30.3 Å². The fourth-order valence-electron chi connectivity index (χ4n) is 4.06. The maximum absolute atomic E-state index is 12.9. The predicted molar refractivity (Wildman–Crippen MR) is 139 cm³/mol. The van der Waals surface area contributed by atoms with Gasteiger partial charge in [0.15, 0.2) is 0 Å². The van der Waals surface area contributed by atoms with E-state index in [1.165, 1.54) is 0 Å². The van der Waals surface area contributed by atoms with E-state index in [0.717, 1.165) is 29.5 Å². The highest BCUT2D eigenvalue weighted by molar-refractivity contribution is 5.94. The van der Waals surface area contributed by atoms with Crippen LogP contribution < -0.4 is 5.32 Å². The first kappa shape index (κ1) is 27.2. The zero-order valence-corrected chi connectivity index (χ0v) is 21.9. The van der Waals surface area contributed by atoms with Gasteiger partial charge in [-0.15, -0.1) is 0 Å². The molecule has 1 fully saturated rings. The van der Waals surface area contributed by atoms with E-state index < -0.39 is 11.7 Å². The Morgan fingerprint density at radius 3 is 2.31 bits per heavy atom. The predicted octanol–water partition coefficient (Wildman–Crippen LogP) is 4.09. The first-order valence-corrected chi connectivity index (χ1v) is 12.3. The Balaban J connectivity index is 1.58. The molecule has 0 unspecified atom stereocenters. The second-order valence-electron chi connectivity index (χ2n) is 10.1. The lowest BCUT2D eigenvalue weighted by Gasteiger charge is -2.31. The molecule has 194 valence electrons. The third-order valence-corrected chi connectivity index (χ3v) is 6.08. The fraction of sp³-hybridized carbons (Fsp3) is 0.464. The molecular formula is C28H37N3O5. The van der Waals surface area contributed by atoms with Crippen LogP contribution in [0.25, 0.3) is 11.1 Å². The lowest BCUT2D eigenvalue weighted by molar-refractivity contribution is -0.129. The Morgan fingerprint density at radius 1 is 1.00 bits per heavy atom. The number of rotatable bonds is 7. The van der Waals surface area contributed by atoms with E-state index >= 15 is 0 Å². The average Bonchev–Trinajstić information content (AvgIpc) is 2.86. The fourth-order valence-corrected chi connectivity index (χ4v) is 4.06. The number of carbonyl (C=O) groups excluding carboxylic acids is 3. The first-order chi connectivity index (χ1) is 17.0. The number of amides is 3. The van der Waals surface area contributed by atoms with Crippen LogP contribution in [0.15, 0.2) is 48.5 Å². The summed E-state index contributed by atoms with van der Waals surface area (Å²) in [5, 5.41) is 2.50. The van der Waals surface area contributed by atoms with Crippen molar-refractivity contribution in [3.05, 3.63) is 59.7 Å². The number of hydrogen-bond acceptors (Lipinski definition) is 5. The van der Waals surface area contributed by atoms with Gasteiger partial charge in [0.25, 0.3) is 5.91 Å². The third kappa shape index (κ3) is 7.81. The van der Waals surface area contributed by atoms with Gasteiger partial charge < -0.3 is 24.6 Å². The summed E-state index contributed by atoms with van der Waals surface area (Å²) in [6.07, 6.45) is 1.11. The van der Waals surface area contributed by atoms with E-state index in [0.29, 0.717) is 25.3 Å². The molecule has 1 heterocycles. The molecular weight excluding hydrogens is 458 g/mol. The molecule has 1 N–H and O–H groups in total. The van der Waals surface area contributed by atoms with Crippen molar-refractivity contribution in [1.29, 1.82) is 0 Å². The van der Waals surface area contributed by atoms with Gasteiger partial charge in [0.2, 0.25) is 5.91 Å². The van der Waals surface area contributed by atoms with Crippen molar-refractivity contribution in [2.75, 3.05) is 33.9 Å². The quantitative estimate of drug-likeness (QED) is 0.625. The Kier molecular flexibility index (Phi) is 9.09. The second-order valence-corrected chi connectivity index (χ2v) is 10.1. The van der Waals surface area contributed by atoms with Crippen molar-refractivity contribution >= 4 is 17.9 Å². The molecule has 0 aliphatic carbocycles. The van der Waals surface area contributed by atoms with Crippen LogP contribution in [0.5, 0.6) is 0 Å². The van der Waals surface area contributed by atoms with E-state index in [1.807, 2.05) is 60.5 Å². The standard InChI is InChI=1S/C28H37N3O5/c1-28(2,3)36-27(34)29-18-25(32)30(4)19-20-7-6-8-23(17-20)21-9-11-22(12-10-21)26(33)31(5)24-13-15-35-16-14-24/h6-12,17,24H,13-16,18-19H2,1-5H3,(H,29,34). The zero-order valence-electron chi connectivity index (χ0n) is 21.9. The van der Waals surface area contributed by atoms with E-state index in [9.17, 15) is 14.4 Å². The average molecular weight is 496 g/mol. The summed E-state index contributed by atoms with van der Waals surface area (Å²) < 4.78 is 10.6. The second kappa shape index (κ2) is 12.0. The van der Waals surface area contributed by atoms with Crippen molar-refractivity contribution in [3.63, 3.8) is 0 Å². The number of carbonyl (C=O) groups is 3. The number of alkyl carbamates (subject to hydrolysis) is 1. The topological polar surface area (TPSA) is 88.2 Å². The maximum atomic E-state index is 12.9. The summed E-state index contributed by atoms with van der Waals surface area (Å²) in [4.78, 5) is 40.5. The summed E-state index contributed by atoms with van der Waals surface area (Å²) >= 11 is 0. The zero-order chi connectivity index (χ0) is 26.3. The van der Waals surface area contributed by atoms with Crippen molar-refractivity contribution < 1.29 is 23.9 Å². The number of likely N-dealkylation sites (N-methyl/N-ethyl adjacent to an activating group) is 1. The van der Waals surface area contributed by atoms with Crippen LogP contribution in [0.3, 0.4) is 0 Å². The number of benzene rings is 2. The Labute approximate surface area is 213 Å². The maximum Gasteiger partial charge on any atom is 0.408 e. The van der Waals surface area contributed by atoms with E-state index in [-0.39, 0.29) is 24.4 Å². The summed E-state index contributed by atoms with van der Waals surface area (Å²) in [6.45, 7) is 6.95. The van der Waals surface area contributed by atoms with Crippen LogP contribution >= 0.6 is 0 Å². The van der Waals surface area contributed by atoms with Gasteiger partial charge in [-0.25, -0.2) is 4.79 Å². The molecule has 36 heavy (non-hydrogen) atoms. The van der Waals surface area contributed by atoms with Gasteiger partial charge in [0, 0.05) is 45.5 Å². The Bertz CT molecular complexity index is 1060. The molecule has 3 amide bonds. The molecule has 0 spiro atoms. The Hall–Kier alpha value is -3.39. The smallest absolute Gasteiger partial charge is 0.408 e. The minimum absolute atomic E-state index is 0.0160. The third-order valence-electron chi connectivity index (χ3n) is 6.08. The largest absolute Gasteiger partial charge is 0.444 e. The molecule has 0 atom stereocenters. The lowest BCUT2D eigenvalue weighted by atomic mass is 10.0. The van der Waals surface area contributed by atoms with Crippen LogP contribution in [-0.2, 0) is 20.8 Å². The van der Waals surface area contributed by atoms with Crippen molar-refractivity contribution in [3.8, 4) is 11.1 Å². The molecule has 3 rings (SSSR count). The van der Waals surface area contributed by atoms with Gasteiger partial charge in [-0.05, 0) is 68.5 Å². The molecule has 2 aromatic rings. The van der Waals surface area contributed by atoms with Gasteiger partial charge >= 0.3 is 6.09 Å². The van der Waals surface area contributed by atoms with Crippen LogP contribution in [-0.4, -0.2) is 73.2 Å². The van der Waals surface area contributed by atoms with Crippen LogP contribution in [0, 0.1) is 0 Å². The number of hydrogen-bond donors (Lipinski definition) is 1. The monoisotopic (exact) mass is 495 g/mol. The molecule has 8 heteroatoms. The van der Waals surface area contributed by atoms with Crippen LogP contribution in [0.2, 0.25) is 0 Å². The SMILES string of the molecule is CN(Cc1cccc(-c2ccc(C(=O)N(C)C3CCOCC3)cc2)c1)C(=O)CNC(=O)OC(C)(C)C. The summed E-state index contributed by atoms with van der Waals surface area (Å²) in [5.74, 6) is -0.204. The Morgan fingerprint density at radius 2 is 1.67 bits per heavy atom. The van der Waals surface area contributed by atoms with Gasteiger partial charge in [0.1, 0.15) is 12.1 Å².